The highest BCUT2D eigenvalue weighted by Crippen LogP contribution is 2.45. The number of hydrogen-bond acceptors (Lipinski definition) is 15. The predicted octanol–water partition coefficient (Wildman–Crippen LogP) is 23.3. The van der Waals surface area contributed by atoms with Crippen LogP contribution in [0, 0.1) is 5.92 Å². The molecule has 97 heavy (non-hydrogen) atoms. The fraction of sp³-hybridized carbons (Fsp3) is 0.949. The van der Waals surface area contributed by atoms with Gasteiger partial charge in [0.15, 0.2) is 12.2 Å². The maximum Gasteiger partial charge on any atom is 0.472 e. The van der Waals surface area contributed by atoms with Gasteiger partial charge in [-0.1, -0.05) is 362 Å². The number of hydrogen-bond donors (Lipinski definition) is 3. The molecule has 0 aliphatic heterocycles. The Morgan fingerprint density at radius 3 is 0.701 bits per heavy atom. The van der Waals surface area contributed by atoms with Crippen LogP contribution in [0.15, 0.2) is 0 Å². The molecule has 0 bridgehead atoms. The van der Waals surface area contributed by atoms with E-state index in [1.165, 1.54) is 238 Å². The Morgan fingerprint density at radius 1 is 0.278 bits per heavy atom. The summed E-state index contributed by atoms with van der Waals surface area (Å²) in [5, 5.41) is 10.6. The summed E-state index contributed by atoms with van der Waals surface area (Å²) < 4.78 is 68.6. The van der Waals surface area contributed by atoms with Gasteiger partial charge in [0.25, 0.3) is 0 Å². The minimum Gasteiger partial charge on any atom is -0.462 e. The van der Waals surface area contributed by atoms with Gasteiger partial charge >= 0.3 is 39.5 Å². The van der Waals surface area contributed by atoms with Gasteiger partial charge in [-0.05, 0) is 31.6 Å². The first-order chi connectivity index (χ1) is 47.0. The van der Waals surface area contributed by atoms with Crippen molar-refractivity contribution >= 4 is 39.5 Å². The van der Waals surface area contributed by atoms with Crippen molar-refractivity contribution in [1.82, 2.24) is 0 Å². The molecule has 0 rings (SSSR count). The maximum absolute atomic E-state index is 13.1. The van der Waals surface area contributed by atoms with Crippen LogP contribution in [0.2, 0.25) is 0 Å². The van der Waals surface area contributed by atoms with Gasteiger partial charge in [0.05, 0.1) is 26.4 Å². The van der Waals surface area contributed by atoms with E-state index < -0.39 is 97.5 Å². The molecule has 5 atom stereocenters. The lowest BCUT2D eigenvalue weighted by Crippen LogP contribution is -2.30. The van der Waals surface area contributed by atoms with Crippen LogP contribution in [0.5, 0.6) is 0 Å². The zero-order chi connectivity index (χ0) is 71.2. The molecule has 0 aromatic heterocycles. The van der Waals surface area contributed by atoms with E-state index in [9.17, 15) is 43.2 Å². The van der Waals surface area contributed by atoms with E-state index in [1.807, 2.05) is 0 Å². The predicted molar refractivity (Wildman–Crippen MR) is 395 cm³/mol. The molecular weight excluding hydrogens is 1270 g/mol. The van der Waals surface area contributed by atoms with Crippen LogP contribution >= 0.6 is 15.6 Å². The fourth-order valence-electron chi connectivity index (χ4n) is 12.1. The summed E-state index contributed by atoms with van der Waals surface area (Å²) in [7, 11) is -9.91. The number of carbonyl (C=O) groups excluding carboxylic acids is 4. The van der Waals surface area contributed by atoms with Gasteiger partial charge in [-0.3, -0.25) is 37.3 Å². The van der Waals surface area contributed by atoms with Gasteiger partial charge in [-0.15, -0.1) is 0 Å². The van der Waals surface area contributed by atoms with Crippen LogP contribution in [0.1, 0.15) is 413 Å². The highest BCUT2D eigenvalue weighted by atomic mass is 31.2. The summed E-state index contributed by atoms with van der Waals surface area (Å²) in [5.41, 5.74) is 0. The second kappa shape index (κ2) is 71.1. The van der Waals surface area contributed by atoms with Crippen molar-refractivity contribution in [2.75, 3.05) is 39.6 Å². The monoisotopic (exact) mass is 1420 g/mol. The molecule has 0 saturated carbocycles. The first-order valence-electron chi connectivity index (χ1n) is 40.6. The SMILES string of the molecule is CCCCCCCCCCCCCCCCCCCC(=O)O[C@H](COC(=O)CCCCCCCCCCCCCCCCC)COP(=O)(O)OC[C@@H](O)COP(=O)(O)OC[C@@H](COC(=O)CCCCCCCCCCC(C)C)OC(=O)CCCCCCCCCCCCCCCC. The Kier molecular flexibility index (Phi) is 69.6. The van der Waals surface area contributed by atoms with E-state index in [0.717, 1.165) is 95.8 Å². The number of phosphoric acid groups is 2. The minimum atomic E-state index is -4.96. The summed E-state index contributed by atoms with van der Waals surface area (Å²) in [6.45, 7) is 7.29. The van der Waals surface area contributed by atoms with Gasteiger partial charge in [0.1, 0.15) is 19.3 Å². The lowest BCUT2D eigenvalue weighted by Gasteiger charge is -2.21. The number of carbonyl (C=O) groups is 4. The van der Waals surface area contributed by atoms with E-state index in [0.29, 0.717) is 25.7 Å². The van der Waals surface area contributed by atoms with Crippen molar-refractivity contribution in [3.8, 4) is 0 Å². The summed E-state index contributed by atoms with van der Waals surface area (Å²) in [6.07, 6.45) is 60.9. The van der Waals surface area contributed by atoms with Crippen molar-refractivity contribution in [3.63, 3.8) is 0 Å². The summed E-state index contributed by atoms with van der Waals surface area (Å²) >= 11 is 0. The van der Waals surface area contributed by atoms with Gasteiger partial charge < -0.3 is 33.8 Å². The van der Waals surface area contributed by atoms with Crippen LogP contribution in [0.3, 0.4) is 0 Å². The fourth-order valence-corrected chi connectivity index (χ4v) is 13.6. The first kappa shape index (κ1) is 95.1. The molecule has 0 aromatic rings. The third kappa shape index (κ3) is 72.2. The average Bonchev–Trinajstić information content (AvgIpc) is 1.48. The first-order valence-corrected chi connectivity index (χ1v) is 43.6. The molecule has 0 spiro atoms. The van der Waals surface area contributed by atoms with Gasteiger partial charge in [0, 0.05) is 25.7 Å². The van der Waals surface area contributed by atoms with E-state index >= 15 is 0 Å². The number of aliphatic hydroxyl groups excluding tert-OH is 1. The summed E-state index contributed by atoms with van der Waals surface area (Å²) in [5.74, 6) is -1.38. The van der Waals surface area contributed by atoms with Crippen LogP contribution in [0.4, 0.5) is 0 Å². The molecular formula is C78H152O17P2. The lowest BCUT2D eigenvalue weighted by molar-refractivity contribution is -0.161. The van der Waals surface area contributed by atoms with E-state index in [1.54, 1.807) is 0 Å². The van der Waals surface area contributed by atoms with Crippen molar-refractivity contribution in [3.05, 3.63) is 0 Å². The molecule has 17 nitrogen and oxygen atoms in total. The third-order valence-corrected chi connectivity index (χ3v) is 20.2. The Labute approximate surface area is 594 Å². The zero-order valence-corrected chi connectivity index (χ0v) is 65.0. The number of rotatable bonds is 78. The Bertz CT molecular complexity index is 1860. The number of unbranched alkanes of at least 4 members (excludes halogenated alkanes) is 50. The standard InChI is InChI=1S/C78H152O17P2/c1-6-9-12-15-18-21-24-27-30-31-33-36-39-42-49-54-59-64-78(83)94-73(67-88-75(80)61-56-51-46-40-37-35-32-28-25-22-19-16-13-10-7-2)69-92-96(84,85)90-65-72(79)66-91-97(86,87)93-70-74(68-89-76(81)62-57-52-47-44-43-45-50-55-60-71(4)5)95-77(82)63-58-53-48-41-38-34-29-26-23-20-17-14-11-8-3/h71-74,79H,6-70H2,1-5H3,(H,84,85)(H,86,87)/t72-,73-,74-/m1/s1. The molecule has 0 heterocycles. The Balaban J connectivity index is 5.25. The smallest absolute Gasteiger partial charge is 0.462 e. The second-order valence-corrected chi connectivity index (χ2v) is 31.5. The molecule has 19 heteroatoms. The van der Waals surface area contributed by atoms with Gasteiger partial charge in [-0.25, -0.2) is 9.13 Å². The average molecular weight is 1420 g/mol. The molecule has 0 aliphatic carbocycles. The van der Waals surface area contributed by atoms with Crippen molar-refractivity contribution < 1.29 is 80.2 Å². The van der Waals surface area contributed by atoms with Crippen LogP contribution < -0.4 is 0 Å². The van der Waals surface area contributed by atoms with Crippen molar-refractivity contribution in [2.45, 2.75) is 432 Å². The number of aliphatic hydroxyl groups is 1. The maximum atomic E-state index is 13.1. The number of ether oxygens (including phenoxy) is 4. The van der Waals surface area contributed by atoms with E-state index in [4.69, 9.17) is 37.0 Å². The number of esters is 4. The topological polar surface area (TPSA) is 237 Å². The molecule has 0 aromatic carbocycles. The van der Waals surface area contributed by atoms with Crippen LogP contribution in [0.25, 0.3) is 0 Å². The molecule has 2 unspecified atom stereocenters. The molecule has 3 N–H and O–H groups in total. The van der Waals surface area contributed by atoms with Crippen molar-refractivity contribution in [2.24, 2.45) is 5.92 Å². The molecule has 0 saturated heterocycles. The normalized spacial score (nSPS) is 13.9. The highest BCUT2D eigenvalue weighted by Gasteiger charge is 2.30. The zero-order valence-electron chi connectivity index (χ0n) is 63.2. The second-order valence-electron chi connectivity index (χ2n) is 28.6. The van der Waals surface area contributed by atoms with Crippen molar-refractivity contribution in [1.29, 1.82) is 0 Å². The molecule has 0 aliphatic rings. The molecule has 576 valence electrons. The summed E-state index contributed by atoms with van der Waals surface area (Å²) in [4.78, 5) is 72.9. The quantitative estimate of drug-likeness (QED) is 0.0222. The lowest BCUT2D eigenvalue weighted by atomic mass is 10.0. The van der Waals surface area contributed by atoms with Gasteiger partial charge in [0.2, 0.25) is 0 Å². The summed E-state index contributed by atoms with van der Waals surface area (Å²) in [6, 6.07) is 0. The molecule has 0 radical (unpaired) electrons. The number of phosphoric ester groups is 2. The highest BCUT2D eigenvalue weighted by molar-refractivity contribution is 7.47. The molecule has 0 fully saturated rings. The third-order valence-electron chi connectivity index (χ3n) is 18.3. The Morgan fingerprint density at radius 2 is 0.474 bits per heavy atom. The van der Waals surface area contributed by atoms with E-state index in [2.05, 4.69) is 34.6 Å². The van der Waals surface area contributed by atoms with Gasteiger partial charge in [-0.2, -0.15) is 0 Å². The largest absolute Gasteiger partial charge is 0.472 e. The van der Waals surface area contributed by atoms with E-state index in [-0.39, 0.29) is 25.7 Å². The minimum absolute atomic E-state index is 0.108. The van der Waals surface area contributed by atoms with Crippen LogP contribution in [-0.4, -0.2) is 96.7 Å². The Hall–Kier alpha value is -1.94. The van der Waals surface area contributed by atoms with Crippen LogP contribution in [-0.2, 0) is 65.4 Å². The molecule has 0 amide bonds.